The van der Waals surface area contributed by atoms with Crippen molar-refractivity contribution in [2.24, 2.45) is 0 Å². The van der Waals surface area contributed by atoms with Crippen molar-refractivity contribution >= 4 is 34.7 Å². The highest BCUT2D eigenvalue weighted by Gasteiger charge is 2.48. The van der Waals surface area contributed by atoms with Gasteiger partial charge in [-0.15, -0.1) is 0 Å². The van der Waals surface area contributed by atoms with Crippen molar-refractivity contribution in [3.63, 3.8) is 0 Å². The number of nitrogens with zero attached hydrogens (tertiary/aromatic N) is 1. The zero-order chi connectivity index (χ0) is 23.8. The lowest BCUT2D eigenvalue weighted by molar-refractivity contribution is -0.132. The zero-order valence-corrected chi connectivity index (χ0v) is 18.9. The second-order valence-electron chi connectivity index (χ2n) is 7.59. The molecule has 174 valence electrons. The maximum atomic E-state index is 13.2. The monoisotopic (exact) mass is 481 g/mol. The molecular weight excluding hydrogens is 462 g/mol. The average Bonchev–Trinajstić information content (AvgIpc) is 3.47. The number of anilines is 1. The summed E-state index contributed by atoms with van der Waals surface area (Å²) in [5.41, 5.74) is 0.413. The SMILES string of the molecule is CCOc1ccc(Cl)c(/C(O)=C2/C(=O)C(=O)N(c3ccc4c(c3)OCCO4)C2c2ccco2)c1. The number of halogens is 1. The Morgan fingerprint density at radius 2 is 1.91 bits per heavy atom. The van der Waals surface area contributed by atoms with Gasteiger partial charge in [0.05, 0.1) is 23.5 Å². The van der Waals surface area contributed by atoms with Crippen LogP contribution >= 0.6 is 11.6 Å². The second-order valence-corrected chi connectivity index (χ2v) is 7.99. The van der Waals surface area contributed by atoms with E-state index in [-0.39, 0.29) is 16.2 Å². The number of carbonyl (C=O) groups excluding carboxylic acids is 2. The largest absolute Gasteiger partial charge is 0.507 e. The van der Waals surface area contributed by atoms with E-state index in [4.69, 9.17) is 30.2 Å². The van der Waals surface area contributed by atoms with Gasteiger partial charge in [0.1, 0.15) is 36.5 Å². The van der Waals surface area contributed by atoms with Gasteiger partial charge in [0.25, 0.3) is 11.7 Å². The summed E-state index contributed by atoms with van der Waals surface area (Å²) in [5, 5.41) is 11.5. The fourth-order valence-corrected chi connectivity index (χ4v) is 4.29. The van der Waals surface area contributed by atoms with Gasteiger partial charge in [0.2, 0.25) is 0 Å². The number of Topliss-reactive ketones (excluding diaryl/α,β-unsaturated/α-hetero) is 1. The van der Waals surface area contributed by atoms with Crippen LogP contribution in [-0.4, -0.2) is 36.6 Å². The summed E-state index contributed by atoms with van der Waals surface area (Å²) < 4.78 is 22.3. The highest BCUT2D eigenvalue weighted by atomic mass is 35.5. The number of benzene rings is 2. The molecule has 2 aromatic carbocycles. The molecule has 1 fully saturated rings. The quantitative estimate of drug-likeness (QED) is 0.319. The van der Waals surface area contributed by atoms with Crippen LogP contribution in [0.1, 0.15) is 24.3 Å². The Kier molecular flexibility index (Phi) is 5.67. The Hall–Kier alpha value is -3.91. The number of ether oxygens (including phenoxy) is 3. The number of aliphatic hydroxyl groups excluding tert-OH is 1. The summed E-state index contributed by atoms with van der Waals surface area (Å²) in [7, 11) is 0. The molecule has 2 aliphatic heterocycles. The molecule has 34 heavy (non-hydrogen) atoms. The van der Waals surface area contributed by atoms with Gasteiger partial charge in [-0.3, -0.25) is 14.5 Å². The Bertz CT molecular complexity index is 1300. The van der Waals surface area contributed by atoms with Crippen LogP contribution in [0.15, 0.2) is 64.8 Å². The van der Waals surface area contributed by atoms with Crippen molar-refractivity contribution in [3.8, 4) is 17.2 Å². The molecule has 1 amide bonds. The van der Waals surface area contributed by atoms with Crippen molar-refractivity contribution in [1.82, 2.24) is 0 Å². The van der Waals surface area contributed by atoms with Crippen LogP contribution in [0.5, 0.6) is 17.2 Å². The van der Waals surface area contributed by atoms with Gasteiger partial charge in [-0.25, -0.2) is 0 Å². The molecule has 3 aromatic rings. The smallest absolute Gasteiger partial charge is 0.300 e. The number of amides is 1. The third kappa shape index (κ3) is 3.66. The number of hydrogen-bond acceptors (Lipinski definition) is 7. The maximum absolute atomic E-state index is 13.2. The number of aliphatic hydroxyl groups is 1. The minimum atomic E-state index is -1.02. The van der Waals surface area contributed by atoms with E-state index in [1.807, 2.05) is 6.92 Å². The normalized spacial score (nSPS) is 18.9. The van der Waals surface area contributed by atoms with Gasteiger partial charge >= 0.3 is 0 Å². The number of rotatable bonds is 5. The minimum Gasteiger partial charge on any atom is -0.507 e. The molecule has 9 heteroatoms. The van der Waals surface area contributed by atoms with E-state index in [0.29, 0.717) is 48.5 Å². The van der Waals surface area contributed by atoms with E-state index in [1.165, 1.54) is 17.2 Å². The molecule has 1 unspecified atom stereocenters. The summed E-state index contributed by atoms with van der Waals surface area (Å²) in [6.07, 6.45) is 1.43. The van der Waals surface area contributed by atoms with Gasteiger partial charge in [-0.1, -0.05) is 11.6 Å². The molecule has 1 saturated heterocycles. The van der Waals surface area contributed by atoms with Crippen LogP contribution in [0.25, 0.3) is 5.76 Å². The Labute approximate surface area is 199 Å². The summed E-state index contributed by atoms with van der Waals surface area (Å²) in [6.45, 7) is 3.02. The fraction of sp³-hybridized carbons (Fsp3) is 0.200. The zero-order valence-electron chi connectivity index (χ0n) is 18.1. The Balaban J connectivity index is 1.67. The van der Waals surface area contributed by atoms with Crippen LogP contribution < -0.4 is 19.1 Å². The minimum absolute atomic E-state index is 0.148. The van der Waals surface area contributed by atoms with Gasteiger partial charge in [0, 0.05) is 17.3 Å². The van der Waals surface area contributed by atoms with Crippen molar-refractivity contribution in [2.45, 2.75) is 13.0 Å². The van der Waals surface area contributed by atoms with E-state index < -0.39 is 23.5 Å². The van der Waals surface area contributed by atoms with Gasteiger partial charge in [-0.2, -0.15) is 0 Å². The van der Waals surface area contributed by atoms with Gasteiger partial charge < -0.3 is 23.7 Å². The molecule has 0 radical (unpaired) electrons. The molecule has 2 aliphatic rings. The maximum Gasteiger partial charge on any atom is 0.300 e. The molecule has 1 atom stereocenters. The van der Waals surface area contributed by atoms with Crippen LogP contribution in [0.4, 0.5) is 5.69 Å². The molecule has 0 bridgehead atoms. The van der Waals surface area contributed by atoms with Crippen molar-refractivity contribution < 1.29 is 33.3 Å². The summed E-state index contributed by atoms with van der Waals surface area (Å²) in [5.74, 6) is -0.358. The van der Waals surface area contributed by atoms with Gasteiger partial charge in [0.15, 0.2) is 11.5 Å². The van der Waals surface area contributed by atoms with E-state index in [1.54, 1.807) is 42.5 Å². The highest BCUT2D eigenvalue weighted by Crippen LogP contribution is 2.45. The lowest BCUT2D eigenvalue weighted by Gasteiger charge is -2.25. The molecule has 0 spiro atoms. The van der Waals surface area contributed by atoms with Crippen LogP contribution in [0, 0.1) is 0 Å². The summed E-state index contributed by atoms with van der Waals surface area (Å²) in [4.78, 5) is 27.7. The predicted molar refractivity (Wildman–Crippen MR) is 124 cm³/mol. The lowest BCUT2D eigenvalue weighted by Crippen LogP contribution is -2.29. The standard InChI is InChI=1S/C25H20ClNO7/c1-2-31-15-6-7-17(26)16(13-15)23(28)21-22(19-4-3-9-32-19)27(25(30)24(21)29)14-5-8-18-20(12-14)34-11-10-33-18/h3-9,12-13,22,28H,2,10-11H2,1H3/b23-21-. The van der Waals surface area contributed by atoms with Crippen LogP contribution in [0.2, 0.25) is 5.02 Å². The molecule has 0 aliphatic carbocycles. The lowest BCUT2D eigenvalue weighted by atomic mass is 9.99. The first-order chi connectivity index (χ1) is 16.5. The van der Waals surface area contributed by atoms with Crippen molar-refractivity contribution in [3.05, 3.63) is 76.7 Å². The number of carbonyl (C=O) groups is 2. The van der Waals surface area contributed by atoms with Gasteiger partial charge in [-0.05, 0) is 49.4 Å². The number of ketones is 1. The molecule has 0 saturated carbocycles. The molecule has 3 heterocycles. The number of hydrogen-bond donors (Lipinski definition) is 1. The van der Waals surface area contributed by atoms with E-state index in [9.17, 15) is 14.7 Å². The van der Waals surface area contributed by atoms with Crippen molar-refractivity contribution in [1.29, 1.82) is 0 Å². The molecule has 1 N–H and O–H groups in total. The van der Waals surface area contributed by atoms with E-state index in [2.05, 4.69) is 0 Å². The Morgan fingerprint density at radius 3 is 2.65 bits per heavy atom. The van der Waals surface area contributed by atoms with Crippen molar-refractivity contribution in [2.75, 3.05) is 24.7 Å². The average molecular weight is 482 g/mol. The summed E-state index contributed by atoms with van der Waals surface area (Å²) >= 11 is 6.35. The highest BCUT2D eigenvalue weighted by molar-refractivity contribution is 6.52. The first kappa shape index (κ1) is 21.9. The van der Waals surface area contributed by atoms with Crippen LogP contribution in [0.3, 0.4) is 0 Å². The number of fused-ring (bicyclic) bond motifs is 1. The predicted octanol–water partition coefficient (Wildman–Crippen LogP) is 4.73. The molecule has 8 nitrogen and oxygen atoms in total. The number of furan rings is 1. The fourth-order valence-electron chi connectivity index (χ4n) is 4.08. The first-order valence-corrected chi connectivity index (χ1v) is 11.0. The molecule has 1 aromatic heterocycles. The third-order valence-corrected chi connectivity index (χ3v) is 5.89. The Morgan fingerprint density at radius 1 is 1.12 bits per heavy atom. The summed E-state index contributed by atoms with van der Waals surface area (Å²) in [6, 6.07) is 11.9. The van der Waals surface area contributed by atoms with E-state index in [0.717, 1.165) is 0 Å². The molecule has 5 rings (SSSR count). The van der Waals surface area contributed by atoms with E-state index >= 15 is 0 Å². The second kappa shape index (κ2) is 8.79. The van der Waals surface area contributed by atoms with Crippen LogP contribution in [-0.2, 0) is 9.59 Å². The molecular formula is C25H20ClNO7. The first-order valence-electron chi connectivity index (χ1n) is 10.7. The third-order valence-electron chi connectivity index (χ3n) is 5.56. The topological polar surface area (TPSA) is 98.4 Å².